The Labute approximate surface area is 130 Å². The van der Waals surface area contributed by atoms with Gasteiger partial charge in [0.25, 0.3) is 0 Å². The van der Waals surface area contributed by atoms with Crippen LogP contribution in [-0.2, 0) is 6.54 Å². The summed E-state index contributed by atoms with van der Waals surface area (Å²) in [6, 6.07) is 7.59. The smallest absolute Gasteiger partial charge is 0.133 e. The Hall–Kier alpha value is -0.580. The number of benzene rings is 1. The summed E-state index contributed by atoms with van der Waals surface area (Å²) in [5.41, 5.74) is 1.30. The van der Waals surface area contributed by atoms with Crippen LogP contribution in [0.4, 0.5) is 0 Å². The van der Waals surface area contributed by atoms with Gasteiger partial charge in [0, 0.05) is 18.6 Å². The normalized spacial score (nSPS) is 17.6. The van der Waals surface area contributed by atoms with Crippen LogP contribution in [0.5, 0.6) is 5.75 Å². The summed E-state index contributed by atoms with van der Waals surface area (Å²) in [6.07, 6.45) is 2.49. The van der Waals surface area contributed by atoms with Crippen molar-refractivity contribution >= 4 is 15.9 Å². The lowest BCUT2D eigenvalue weighted by molar-refractivity contribution is 0.161. The van der Waals surface area contributed by atoms with Gasteiger partial charge >= 0.3 is 0 Å². The second kappa shape index (κ2) is 7.43. The van der Waals surface area contributed by atoms with Crippen molar-refractivity contribution in [3.8, 4) is 5.75 Å². The van der Waals surface area contributed by atoms with Gasteiger partial charge in [-0.1, -0.05) is 6.07 Å². The zero-order chi connectivity index (χ0) is 14.5. The molecule has 0 aromatic heterocycles. The van der Waals surface area contributed by atoms with Crippen LogP contribution in [0.3, 0.4) is 0 Å². The molecule has 1 aromatic rings. The summed E-state index contributed by atoms with van der Waals surface area (Å²) in [4.78, 5) is 2.56. The van der Waals surface area contributed by atoms with Crippen LogP contribution >= 0.6 is 15.9 Å². The highest BCUT2D eigenvalue weighted by Crippen LogP contribution is 2.25. The Balaban J connectivity index is 1.80. The minimum atomic E-state index is 0.644. The molecular formula is C16H25BrN2O. The number of likely N-dealkylation sites (tertiary alicyclic amines) is 1. The van der Waals surface area contributed by atoms with Crippen molar-refractivity contribution in [1.29, 1.82) is 0 Å². The van der Waals surface area contributed by atoms with E-state index >= 15 is 0 Å². The second-order valence-electron chi connectivity index (χ2n) is 5.75. The maximum atomic E-state index is 5.26. The number of hydrogen-bond donors (Lipinski definition) is 1. The molecule has 1 fully saturated rings. The van der Waals surface area contributed by atoms with E-state index in [0.717, 1.165) is 16.8 Å². The SMILES string of the molecule is COc1ccc(CNC2CCN(C(C)C)CC2)cc1Br. The highest BCUT2D eigenvalue weighted by molar-refractivity contribution is 9.10. The number of methoxy groups -OCH3 is 1. The van der Waals surface area contributed by atoms with Gasteiger partial charge < -0.3 is 15.0 Å². The van der Waals surface area contributed by atoms with Crippen molar-refractivity contribution in [1.82, 2.24) is 10.2 Å². The third-order valence-electron chi connectivity index (χ3n) is 4.07. The number of halogens is 1. The molecule has 1 aliphatic heterocycles. The fourth-order valence-corrected chi connectivity index (χ4v) is 3.29. The van der Waals surface area contributed by atoms with Gasteiger partial charge in [-0.05, 0) is 73.4 Å². The molecule has 1 aliphatic rings. The van der Waals surface area contributed by atoms with E-state index in [2.05, 4.69) is 52.1 Å². The summed E-state index contributed by atoms with van der Waals surface area (Å²) in [5, 5.41) is 3.67. The Morgan fingerprint density at radius 3 is 2.60 bits per heavy atom. The molecule has 0 amide bonds. The lowest BCUT2D eigenvalue weighted by Gasteiger charge is -2.35. The van der Waals surface area contributed by atoms with E-state index in [0.29, 0.717) is 12.1 Å². The molecule has 3 nitrogen and oxygen atoms in total. The Morgan fingerprint density at radius 2 is 2.05 bits per heavy atom. The molecular weight excluding hydrogens is 316 g/mol. The molecule has 1 heterocycles. The van der Waals surface area contributed by atoms with Crippen molar-refractivity contribution in [3.63, 3.8) is 0 Å². The van der Waals surface area contributed by atoms with Gasteiger partial charge in [-0.25, -0.2) is 0 Å². The molecule has 1 saturated heterocycles. The first-order valence-electron chi connectivity index (χ1n) is 7.40. The summed E-state index contributed by atoms with van der Waals surface area (Å²) < 4.78 is 6.28. The fourth-order valence-electron chi connectivity index (χ4n) is 2.70. The molecule has 20 heavy (non-hydrogen) atoms. The first-order valence-corrected chi connectivity index (χ1v) is 8.19. The van der Waals surface area contributed by atoms with E-state index in [-0.39, 0.29) is 0 Å². The predicted molar refractivity (Wildman–Crippen MR) is 87.3 cm³/mol. The zero-order valence-electron chi connectivity index (χ0n) is 12.7. The Morgan fingerprint density at radius 1 is 1.35 bits per heavy atom. The lowest BCUT2D eigenvalue weighted by atomic mass is 10.0. The quantitative estimate of drug-likeness (QED) is 0.888. The third-order valence-corrected chi connectivity index (χ3v) is 4.69. The molecule has 0 aliphatic carbocycles. The molecule has 1 aromatic carbocycles. The standard InChI is InChI=1S/C16H25BrN2O/c1-12(2)19-8-6-14(7-9-19)18-11-13-4-5-16(20-3)15(17)10-13/h4-5,10,12,14,18H,6-9,11H2,1-3H3. The van der Waals surface area contributed by atoms with Gasteiger partial charge in [-0.15, -0.1) is 0 Å². The minimum Gasteiger partial charge on any atom is -0.496 e. The van der Waals surface area contributed by atoms with Gasteiger partial charge in [-0.3, -0.25) is 0 Å². The van der Waals surface area contributed by atoms with Crippen LogP contribution < -0.4 is 10.1 Å². The third kappa shape index (κ3) is 4.21. The summed E-state index contributed by atoms with van der Waals surface area (Å²) in [7, 11) is 1.69. The Kier molecular flexibility index (Phi) is 5.87. The molecule has 0 atom stereocenters. The summed E-state index contributed by atoms with van der Waals surface area (Å²) in [5.74, 6) is 0.888. The van der Waals surface area contributed by atoms with E-state index in [1.54, 1.807) is 7.11 Å². The monoisotopic (exact) mass is 340 g/mol. The number of nitrogens with zero attached hydrogens (tertiary/aromatic N) is 1. The molecule has 0 spiro atoms. The van der Waals surface area contributed by atoms with Crippen LogP contribution in [-0.4, -0.2) is 37.2 Å². The molecule has 0 unspecified atom stereocenters. The van der Waals surface area contributed by atoms with Gasteiger partial charge in [0.1, 0.15) is 5.75 Å². The van der Waals surface area contributed by atoms with Crippen LogP contribution in [0.25, 0.3) is 0 Å². The first kappa shape index (κ1) is 15.8. The van der Waals surface area contributed by atoms with Crippen molar-refractivity contribution in [3.05, 3.63) is 28.2 Å². The van der Waals surface area contributed by atoms with Crippen LogP contribution in [0.2, 0.25) is 0 Å². The number of piperidine rings is 1. The first-order chi connectivity index (χ1) is 9.60. The van der Waals surface area contributed by atoms with Gasteiger partial charge in [0.15, 0.2) is 0 Å². The van der Waals surface area contributed by atoms with E-state index in [4.69, 9.17) is 4.74 Å². The van der Waals surface area contributed by atoms with Crippen LogP contribution in [0.15, 0.2) is 22.7 Å². The molecule has 1 N–H and O–H groups in total. The zero-order valence-corrected chi connectivity index (χ0v) is 14.2. The number of ether oxygens (including phenoxy) is 1. The van der Waals surface area contributed by atoms with Crippen molar-refractivity contribution < 1.29 is 4.74 Å². The lowest BCUT2D eigenvalue weighted by Crippen LogP contribution is -2.44. The van der Waals surface area contributed by atoms with Crippen molar-refractivity contribution in [2.24, 2.45) is 0 Å². The van der Waals surface area contributed by atoms with Gasteiger partial charge in [0.2, 0.25) is 0 Å². The number of nitrogens with one attached hydrogen (secondary N) is 1. The maximum absolute atomic E-state index is 5.26. The van der Waals surface area contributed by atoms with Crippen LogP contribution in [0.1, 0.15) is 32.3 Å². The number of hydrogen-bond acceptors (Lipinski definition) is 3. The predicted octanol–water partition coefficient (Wildman–Crippen LogP) is 3.42. The van der Waals surface area contributed by atoms with Crippen LogP contribution in [0, 0.1) is 0 Å². The maximum Gasteiger partial charge on any atom is 0.133 e. The average molecular weight is 341 g/mol. The highest BCUT2D eigenvalue weighted by Gasteiger charge is 2.20. The van der Waals surface area contributed by atoms with Gasteiger partial charge in [0.05, 0.1) is 11.6 Å². The van der Waals surface area contributed by atoms with Crippen molar-refractivity contribution in [2.75, 3.05) is 20.2 Å². The molecule has 112 valence electrons. The minimum absolute atomic E-state index is 0.644. The summed E-state index contributed by atoms with van der Waals surface area (Å²) in [6.45, 7) is 7.91. The topological polar surface area (TPSA) is 24.5 Å². The molecule has 4 heteroatoms. The Bertz CT molecular complexity index is 428. The molecule has 0 bridgehead atoms. The number of rotatable bonds is 5. The summed E-state index contributed by atoms with van der Waals surface area (Å²) >= 11 is 3.54. The van der Waals surface area contributed by atoms with E-state index in [1.165, 1.54) is 31.5 Å². The largest absolute Gasteiger partial charge is 0.496 e. The van der Waals surface area contributed by atoms with E-state index in [9.17, 15) is 0 Å². The van der Waals surface area contributed by atoms with Gasteiger partial charge in [-0.2, -0.15) is 0 Å². The fraction of sp³-hybridized carbons (Fsp3) is 0.625. The van der Waals surface area contributed by atoms with E-state index < -0.39 is 0 Å². The highest BCUT2D eigenvalue weighted by atomic mass is 79.9. The van der Waals surface area contributed by atoms with E-state index in [1.807, 2.05) is 6.07 Å². The molecule has 2 rings (SSSR count). The van der Waals surface area contributed by atoms with Crippen molar-refractivity contribution in [2.45, 2.75) is 45.3 Å². The molecule has 0 saturated carbocycles. The molecule has 0 radical (unpaired) electrons. The second-order valence-corrected chi connectivity index (χ2v) is 6.61. The average Bonchev–Trinajstić information content (AvgIpc) is 2.45.